The fraction of sp³-hybridized carbons (Fsp3) is 0.318. The second-order valence-corrected chi connectivity index (χ2v) is 6.78. The van der Waals surface area contributed by atoms with Gasteiger partial charge in [0.1, 0.15) is 42.7 Å². The fourth-order valence-corrected chi connectivity index (χ4v) is 2.76. The van der Waals surface area contributed by atoms with Gasteiger partial charge in [-0.3, -0.25) is 4.79 Å². The lowest BCUT2D eigenvalue weighted by Crippen LogP contribution is -2.15. The third-order valence-corrected chi connectivity index (χ3v) is 4.64. The van der Waals surface area contributed by atoms with Crippen LogP contribution < -0.4 is 14.9 Å². The molecule has 0 spiro atoms. The van der Waals surface area contributed by atoms with Crippen molar-refractivity contribution in [2.24, 2.45) is 0 Å². The van der Waals surface area contributed by atoms with Crippen LogP contribution >= 0.6 is 0 Å². The van der Waals surface area contributed by atoms with Crippen molar-refractivity contribution in [1.29, 1.82) is 0 Å². The van der Waals surface area contributed by atoms with Crippen molar-refractivity contribution in [3.8, 4) is 22.6 Å². The molecule has 0 radical (unpaired) electrons. The van der Waals surface area contributed by atoms with E-state index in [9.17, 15) is 4.79 Å². The highest BCUT2D eigenvalue weighted by Gasteiger charge is 2.23. The molecule has 1 aliphatic rings. The van der Waals surface area contributed by atoms with Gasteiger partial charge in [0.15, 0.2) is 5.43 Å². The van der Waals surface area contributed by atoms with Crippen molar-refractivity contribution in [2.45, 2.75) is 19.1 Å². The van der Waals surface area contributed by atoms with Crippen LogP contribution in [0.1, 0.15) is 6.92 Å². The standard InChI is InChI=1S/C22H22O6/c1-14(24-2)10-25-16-5-3-15(4-6-16)20-13-28-21-9-17(26-11-18-12-27-18)7-8-19(21)22(20)23/h3-9,13-14,18H,10-12H2,1-2H3. The Morgan fingerprint density at radius 2 is 1.86 bits per heavy atom. The first-order valence-corrected chi connectivity index (χ1v) is 9.20. The maximum Gasteiger partial charge on any atom is 0.200 e. The number of fused-ring (bicyclic) bond motifs is 1. The summed E-state index contributed by atoms with van der Waals surface area (Å²) in [5, 5.41) is 0.516. The van der Waals surface area contributed by atoms with Crippen LogP contribution in [0.5, 0.6) is 11.5 Å². The van der Waals surface area contributed by atoms with Gasteiger partial charge in [-0.05, 0) is 36.8 Å². The number of hydrogen-bond acceptors (Lipinski definition) is 6. The van der Waals surface area contributed by atoms with Gasteiger partial charge < -0.3 is 23.4 Å². The number of hydrogen-bond donors (Lipinski definition) is 0. The molecule has 2 atom stereocenters. The van der Waals surface area contributed by atoms with E-state index in [0.29, 0.717) is 35.5 Å². The van der Waals surface area contributed by atoms with E-state index in [1.54, 1.807) is 25.3 Å². The predicted octanol–water partition coefficient (Wildman–Crippen LogP) is 3.65. The largest absolute Gasteiger partial charge is 0.491 e. The van der Waals surface area contributed by atoms with Crippen molar-refractivity contribution in [2.75, 3.05) is 26.9 Å². The molecule has 1 saturated heterocycles. The molecule has 0 N–H and O–H groups in total. The predicted molar refractivity (Wildman–Crippen MR) is 105 cm³/mol. The third kappa shape index (κ3) is 4.18. The average molecular weight is 382 g/mol. The number of epoxide rings is 1. The van der Waals surface area contributed by atoms with E-state index in [1.165, 1.54) is 6.26 Å². The number of rotatable bonds is 8. The molecule has 0 aliphatic carbocycles. The summed E-state index contributed by atoms with van der Waals surface area (Å²) in [7, 11) is 1.65. The Morgan fingerprint density at radius 3 is 2.57 bits per heavy atom. The Labute approximate surface area is 162 Å². The fourth-order valence-electron chi connectivity index (χ4n) is 2.76. The molecule has 0 saturated carbocycles. The van der Waals surface area contributed by atoms with Crippen LogP contribution in [-0.2, 0) is 9.47 Å². The van der Waals surface area contributed by atoms with Crippen LogP contribution in [-0.4, -0.2) is 39.1 Å². The minimum atomic E-state index is -0.0833. The summed E-state index contributed by atoms with van der Waals surface area (Å²) in [6, 6.07) is 12.6. The quantitative estimate of drug-likeness (QED) is 0.554. The van der Waals surface area contributed by atoms with Gasteiger partial charge in [-0.1, -0.05) is 12.1 Å². The second kappa shape index (κ2) is 8.04. The van der Waals surface area contributed by atoms with Crippen LogP contribution in [0, 0.1) is 0 Å². The van der Waals surface area contributed by atoms with Crippen LogP contribution in [0.4, 0.5) is 0 Å². The highest BCUT2D eigenvalue weighted by atomic mass is 16.6. The molecular formula is C22H22O6. The minimum absolute atomic E-state index is 0.0119. The smallest absolute Gasteiger partial charge is 0.200 e. The highest BCUT2D eigenvalue weighted by Crippen LogP contribution is 2.25. The maximum absolute atomic E-state index is 12.9. The Bertz CT molecular complexity index is 1000. The molecule has 6 nitrogen and oxygen atoms in total. The number of ether oxygens (including phenoxy) is 4. The third-order valence-electron chi connectivity index (χ3n) is 4.64. The van der Waals surface area contributed by atoms with E-state index in [2.05, 4.69) is 0 Å². The molecule has 1 aromatic heterocycles. The minimum Gasteiger partial charge on any atom is -0.491 e. The zero-order valence-electron chi connectivity index (χ0n) is 15.8. The molecule has 4 rings (SSSR count). The monoisotopic (exact) mass is 382 g/mol. The summed E-state index contributed by atoms with van der Waals surface area (Å²) in [6.45, 7) is 3.64. The highest BCUT2D eigenvalue weighted by molar-refractivity contribution is 5.82. The van der Waals surface area contributed by atoms with E-state index in [-0.39, 0.29) is 17.6 Å². The van der Waals surface area contributed by atoms with Crippen molar-refractivity contribution >= 4 is 11.0 Å². The average Bonchev–Trinajstić information content (AvgIpc) is 3.56. The van der Waals surface area contributed by atoms with Crippen LogP contribution in [0.3, 0.4) is 0 Å². The van der Waals surface area contributed by atoms with E-state index in [4.69, 9.17) is 23.4 Å². The molecule has 2 unspecified atom stereocenters. The number of methoxy groups -OCH3 is 1. The van der Waals surface area contributed by atoms with Gasteiger partial charge in [-0.15, -0.1) is 0 Å². The maximum atomic E-state index is 12.9. The van der Waals surface area contributed by atoms with Gasteiger partial charge in [-0.2, -0.15) is 0 Å². The zero-order valence-corrected chi connectivity index (χ0v) is 15.8. The Balaban J connectivity index is 1.53. The summed E-state index contributed by atoms with van der Waals surface area (Å²) < 4.78 is 27.3. The Morgan fingerprint density at radius 1 is 1.11 bits per heavy atom. The lowest BCUT2D eigenvalue weighted by molar-refractivity contribution is 0.0717. The van der Waals surface area contributed by atoms with Crippen LogP contribution in [0.2, 0.25) is 0 Å². The molecule has 28 heavy (non-hydrogen) atoms. The summed E-state index contributed by atoms with van der Waals surface area (Å²) in [4.78, 5) is 12.9. The first-order valence-electron chi connectivity index (χ1n) is 9.20. The summed E-state index contributed by atoms with van der Waals surface area (Å²) >= 11 is 0. The van der Waals surface area contributed by atoms with Crippen LogP contribution in [0.25, 0.3) is 22.1 Å². The van der Waals surface area contributed by atoms with E-state index < -0.39 is 0 Å². The molecule has 0 bridgehead atoms. The lowest BCUT2D eigenvalue weighted by Gasteiger charge is -2.11. The molecule has 0 amide bonds. The molecule has 146 valence electrons. The van der Waals surface area contributed by atoms with E-state index in [1.807, 2.05) is 31.2 Å². The molecule has 3 aromatic rings. The summed E-state index contributed by atoms with van der Waals surface area (Å²) in [6.07, 6.45) is 1.68. The van der Waals surface area contributed by atoms with Gasteiger partial charge in [-0.25, -0.2) is 0 Å². The summed E-state index contributed by atoms with van der Waals surface area (Å²) in [5.41, 5.74) is 1.69. The Hall–Kier alpha value is -2.83. The van der Waals surface area contributed by atoms with Gasteiger partial charge in [0.2, 0.25) is 0 Å². The van der Waals surface area contributed by atoms with Crippen LogP contribution in [0.15, 0.2) is 57.9 Å². The summed E-state index contributed by atoms with van der Waals surface area (Å²) in [5.74, 6) is 1.38. The lowest BCUT2D eigenvalue weighted by atomic mass is 10.1. The second-order valence-electron chi connectivity index (χ2n) is 6.78. The molecular weight excluding hydrogens is 360 g/mol. The molecule has 2 aromatic carbocycles. The van der Waals surface area contributed by atoms with Crippen molar-refractivity contribution < 1.29 is 23.4 Å². The molecule has 6 heteroatoms. The topological polar surface area (TPSA) is 70.4 Å². The first kappa shape index (κ1) is 18.5. The van der Waals surface area contributed by atoms with Crippen molar-refractivity contribution in [1.82, 2.24) is 0 Å². The van der Waals surface area contributed by atoms with Gasteiger partial charge >= 0.3 is 0 Å². The van der Waals surface area contributed by atoms with E-state index >= 15 is 0 Å². The van der Waals surface area contributed by atoms with Gasteiger partial charge in [0.05, 0.1) is 23.7 Å². The van der Waals surface area contributed by atoms with Gasteiger partial charge in [0, 0.05) is 13.2 Å². The van der Waals surface area contributed by atoms with Crippen molar-refractivity contribution in [3.05, 3.63) is 59.0 Å². The Kier molecular flexibility index (Phi) is 5.32. The van der Waals surface area contributed by atoms with Gasteiger partial charge in [0.25, 0.3) is 0 Å². The first-order chi connectivity index (χ1) is 13.6. The molecule has 2 heterocycles. The van der Waals surface area contributed by atoms with Crippen molar-refractivity contribution in [3.63, 3.8) is 0 Å². The zero-order chi connectivity index (χ0) is 19.5. The molecule has 1 fully saturated rings. The SMILES string of the molecule is COC(C)COc1ccc(-c2coc3cc(OCC4CO4)ccc3c2=O)cc1. The van der Waals surface area contributed by atoms with E-state index in [0.717, 1.165) is 17.9 Å². The number of benzene rings is 2. The normalized spacial score (nSPS) is 16.7. The molecule has 1 aliphatic heterocycles.